The summed E-state index contributed by atoms with van der Waals surface area (Å²) >= 11 is 1.28. The first-order valence-electron chi connectivity index (χ1n) is 8.53. The smallest absolute Gasteiger partial charge is 0.238 e. The molecule has 7 nitrogen and oxygen atoms in total. The highest BCUT2D eigenvalue weighted by Gasteiger charge is 2.19. The van der Waals surface area contributed by atoms with Crippen molar-refractivity contribution in [2.24, 2.45) is 7.05 Å². The maximum Gasteiger partial charge on any atom is 0.238 e. The van der Waals surface area contributed by atoms with Gasteiger partial charge in [-0.25, -0.2) is 0 Å². The first kappa shape index (κ1) is 19.5. The van der Waals surface area contributed by atoms with Crippen LogP contribution in [0, 0.1) is 11.3 Å². The lowest BCUT2D eigenvalue weighted by Gasteiger charge is -2.19. The van der Waals surface area contributed by atoms with E-state index in [0.29, 0.717) is 22.4 Å². The van der Waals surface area contributed by atoms with Crippen molar-refractivity contribution in [1.82, 2.24) is 14.8 Å². The number of benzene rings is 2. The zero-order chi connectivity index (χ0) is 19.9. The molecule has 3 rings (SSSR count). The number of carbonyl (C=O) groups excluding carboxylic acids is 1. The van der Waals surface area contributed by atoms with Crippen LogP contribution in [0.25, 0.3) is 11.4 Å². The number of nitriles is 1. The van der Waals surface area contributed by atoms with Crippen molar-refractivity contribution in [3.05, 3.63) is 54.6 Å². The Morgan fingerprint density at radius 3 is 2.61 bits per heavy atom. The van der Waals surface area contributed by atoms with Gasteiger partial charge in [0.25, 0.3) is 0 Å². The monoisotopic (exact) mass is 393 g/mol. The van der Waals surface area contributed by atoms with Gasteiger partial charge in [0.2, 0.25) is 5.91 Å². The van der Waals surface area contributed by atoms with E-state index in [-0.39, 0.29) is 18.2 Å². The van der Waals surface area contributed by atoms with Gasteiger partial charge in [-0.1, -0.05) is 42.1 Å². The normalized spacial score (nSPS) is 10.3. The summed E-state index contributed by atoms with van der Waals surface area (Å²) in [5.74, 6) is 1.34. The summed E-state index contributed by atoms with van der Waals surface area (Å²) < 4.78 is 7.22. The van der Waals surface area contributed by atoms with Crippen LogP contribution in [0.3, 0.4) is 0 Å². The summed E-state index contributed by atoms with van der Waals surface area (Å²) in [4.78, 5) is 14.1. The van der Waals surface area contributed by atoms with Crippen molar-refractivity contribution >= 4 is 23.4 Å². The molecule has 0 spiro atoms. The van der Waals surface area contributed by atoms with Crippen LogP contribution in [0.4, 0.5) is 5.69 Å². The SMILES string of the molecule is COc1ccccc1-c1nnc(SCC(=O)N(CC#N)c2ccccc2)n1C. The van der Waals surface area contributed by atoms with Gasteiger partial charge in [-0.05, 0) is 24.3 Å². The van der Waals surface area contributed by atoms with Crippen molar-refractivity contribution in [3.8, 4) is 23.2 Å². The van der Waals surface area contributed by atoms with Crippen molar-refractivity contribution in [2.45, 2.75) is 5.16 Å². The lowest BCUT2D eigenvalue weighted by atomic mass is 10.2. The van der Waals surface area contributed by atoms with E-state index in [1.165, 1.54) is 16.7 Å². The number of para-hydroxylation sites is 2. The van der Waals surface area contributed by atoms with Gasteiger partial charge in [-0.3, -0.25) is 9.69 Å². The second-order valence-electron chi connectivity index (χ2n) is 5.83. The fourth-order valence-electron chi connectivity index (χ4n) is 2.71. The van der Waals surface area contributed by atoms with Gasteiger partial charge >= 0.3 is 0 Å². The number of methoxy groups -OCH3 is 1. The average Bonchev–Trinajstić information content (AvgIpc) is 3.11. The highest BCUT2D eigenvalue weighted by Crippen LogP contribution is 2.30. The number of carbonyl (C=O) groups is 1. The number of anilines is 1. The van der Waals surface area contributed by atoms with Crippen LogP contribution in [0.15, 0.2) is 59.8 Å². The maximum atomic E-state index is 12.7. The fourth-order valence-corrected chi connectivity index (χ4v) is 3.50. The molecule has 1 aromatic heterocycles. The summed E-state index contributed by atoms with van der Waals surface area (Å²) in [6, 6.07) is 18.8. The van der Waals surface area contributed by atoms with Gasteiger partial charge < -0.3 is 9.30 Å². The van der Waals surface area contributed by atoms with Gasteiger partial charge in [0, 0.05) is 12.7 Å². The van der Waals surface area contributed by atoms with Gasteiger partial charge in [-0.15, -0.1) is 10.2 Å². The van der Waals surface area contributed by atoms with E-state index in [0.717, 1.165) is 5.56 Å². The van der Waals surface area contributed by atoms with E-state index in [2.05, 4.69) is 10.2 Å². The van der Waals surface area contributed by atoms with E-state index < -0.39 is 0 Å². The molecule has 0 fully saturated rings. The Hall–Kier alpha value is -3.31. The largest absolute Gasteiger partial charge is 0.496 e. The molecule has 0 saturated carbocycles. The molecule has 0 radical (unpaired) electrons. The number of hydrogen-bond donors (Lipinski definition) is 0. The molecule has 0 aliphatic rings. The second-order valence-corrected chi connectivity index (χ2v) is 6.77. The average molecular weight is 393 g/mol. The van der Waals surface area contributed by atoms with Crippen LogP contribution in [0.5, 0.6) is 5.75 Å². The topological polar surface area (TPSA) is 84.0 Å². The summed E-state index contributed by atoms with van der Waals surface area (Å²) in [6.45, 7) is -0.00527. The van der Waals surface area contributed by atoms with Crippen LogP contribution < -0.4 is 9.64 Å². The Labute approximate surface area is 167 Å². The van der Waals surface area contributed by atoms with Crippen molar-refractivity contribution in [3.63, 3.8) is 0 Å². The molecule has 3 aromatic rings. The van der Waals surface area contributed by atoms with Crippen LogP contribution in [-0.2, 0) is 11.8 Å². The van der Waals surface area contributed by atoms with Crippen molar-refractivity contribution < 1.29 is 9.53 Å². The molecule has 0 aliphatic heterocycles. The van der Waals surface area contributed by atoms with Crippen LogP contribution >= 0.6 is 11.8 Å². The first-order chi connectivity index (χ1) is 13.7. The predicted molar refractivity (Wildman–Crippen MR) is 108 cm³/mol. The van der Waals surface area contributed by atoms with E-state index in [4.69, 9.17) is 10.00 Å². The summed E-state index contributed by atoms with van der Waals surface area (Å²) in [5.41, 5.74) is 1.52. The second kappa shape index (κ2) is 9.06. The van der Waals surface area contributed by atoms with Crippen molar-refractivity contribution in [2.75, 3.05) is 24.3 Å². The first-order valence-corrected chi connectivity index (χ1v) is 9.52. The molecular weight excluding hydrogens is 374 g/mol. The molecule has 28 heavy (non-hydrogen) atoms. The lowest BCUT2D eigenvalue weighted by Crippen LogP contribution is -2.32. The quantitative estimate of drug-likeness (QED) is 0.453. The zero-order valence-corrected chi connectivity index (χ0v) is 16.4. The highest BCUT2D eigenvalue weighted by molar-refractivity contribution is 7.99. The molecule has 1 amide bonds. The van der Waals surface area contributed by atoms with Gasteiger partial charge in [0.1, 0.15) is 12.3 Å². The van der Waals surface area contributed by atoms with E-state index >= 15 is 0 Å². The molecule has 0 aliphatic carbocycles. The minimum Gasteiger partial charge on any atom is -0.496 e. The summed E-state index contributed by atoms with van der Waals surface area (Å²) in [6.07, 6.45) is 0. The number of ether oxygens (including phenoxy) is 1. The number of rotatable bonds is 7. The third-order valence-electron chi connectivity index (χ3n) is 4.11. The van der Waals surface area contributed by atoms with Gasteiger partial charge in [0.05, 0.1) is 24.5 Å². The third-order valence-corrected chi connectivity index (χ3v) is 5.11. The molecule has 8 heteroatoms. The fraction of sp³-hybridized carbons (Fsp3) is 0.200. The zero-order valence-electron chi connectivity index (χ0n) is 15.6. The molecule has 0 saturated heterocycles. The Morgan fingerprint density at radius 2 is 1.89 bits per heavy atom. The minimum absolute atomic E-state index is 0.00527. The molecule has 2 aromatic carbocycles. The summed E-state index contributed by atoms with van der Waals surface area (Å²) in [7, 11) is 3.45. The van der Waals surface area contributed by atoms with Gasteiger partial charge in [-0.2, -0.15) is 5.26 Å². The number of amides is 1. The van der Waals surface area contributed by atoms with E-state index in [1.54, 1.807) is 7.11 Å². The third kappa shape index (κ3) is 4.15. The Balaban J connectivity index is 1.75. The molecule has 1 heterocycles. The number of thioether (sulfide) groups is 1. The van der Waals surface area contributed by atoms with E-state index in [1.807, 2.05) is 72.3 Å². The standard InChI is InChI=1S/C20H19N5O2S/c1-24-19(16-10-6-7-11-17(16)27-2)22-23-20(24)28-14-18(26)25(13-12-21)15-8-4-3-5-9-15/h3-11H,13-14H2,1-2H3. The van der Waals surface area contributed by atoms with Crippen LogP contribution in [0.2, 0.25) is 0 Å². The van der Waals surface area contributed by atoms with Crippen molar-refractivity contribution in [1.29, 1.82) is 5.26 Å². The number of nitrogens with zero attached hydrogens (tertiary/aromatic N) is 5. The molecule has 0 atom stereocenters. The molecular formula is C20H19N5O2S. The predicted octanol–water partition coefficient (Wildman–Crippen LogP) is 3.14. The van der Waals surface area contributed by atoms with E-state index in [9.17, 15) is 4.79 Å². The van der Waals surface area contributed by atoms with Crippen LogP contribution in [-0.4, -0.2) is 40.1 Å². The summed E-state index contributed by atoms with van der Waals surface area (Å²) in [5, 5.41) is 18.1. The number of hydrogen-bond acceptors (Lipinski definition) is 6. The number of aromatic nitrogens is 3. The molecule has 0 bridgehead atoms. The maximum absolute atomic E-state index is 12.7. The Bertz CT molecular complexity index is 997. The Kier molecular flexibility index (Phi) is 6.29. The van der Waals surface area contributed by atoms with Gasteiger partial charge in [0.15, 0.2) is 11.0 Å². The van der Waals surface area contributed by atoms with Crippen LogP contribution in [0.1, 0.15) is 0 Å². The highest BCUT2D eigenvalue weighted by atomic mass is 32.2. The molecule has 142 valence electrons. The molecule has 0 N–H and O–H groups in total. The Morgan fingerprint density at radius 1 is 1.18 bits per heavy atom. The minimum atomic E-state index is -0.167. The lowest BCUT2D eigenvalue weighted by molar-refractivity contribution is -0.116. The molecule has 0 unspecified atom stereocenters.